The van der Waals surface area contributed by atoms with Crippen LogP contribution in [-0.4, -0.2) is 17.2 Å². The van der Waals surface area contributed by atoms with Gasteiger partial charge in [0.05, 0.1) is 5.52 Å². The van der Waals surface area contributed by atoms with Crippen molar-refractivity contribution in [2.75, 3.05) is 12.4 Å². The van der Waals surface area contributed by atoms with E-state index < -0.39 is 0 Å². The van der Waals surface area contributed by atoms with Crippen LogP contribution in [0.4, 0.5) is 5.69 Å². The van der Waals surface area contributed by atoms with Gasteiger partial charge in [0.25, 0.3) is 0 Å². The number of nitrogens with one attached hydrogen (secondary N) is 2. The van der Waals surface area contributed by atoms with Crippen molar-refractivity contribution in [1.29, 1.82) is 0 Å². The number of nitrogens with zero attached hydrogens (tertiary/aromatic N) is 1. The van der Waals surface area contributed by atoms with Gasteiger partial charge >= 0.3 is 0 Å². The van der Waals surface area contributed by atoms with Crippen molar-refractivity contribution in [1.82, 2.24) is 10.2 Å². The molecule has 4 heteroatoms. The first-order valence-corrected chi connectivity index (χ1v) is 6.06. The SMILES string of the molecule is CNc1ccccc1-c1n[nH]c2ccccc2c1=O. The van der Waals surface area contributed by atoms with Crippen LogP contribution in [0.25, 0.3) is 22.2 Å². The predicted octanol–water partition coefficient (Wildman–Crippen LogP) is 2.63. The van der Waals surface area contributed by atoms with E-state index in [4.69, 9.17) is 0 Å². The van der Waals surface area contributed by atoms with E-state index in [1.165, 1.54) is 0 Å². The average molecular weight is 251 g/mol. The standard InChI is InChI=1S/C15H13N3O/c1-16-12-8-4-2-6-10(12)14-15(19)11-7-3-5-9-13(11)17-18-14/h2-9,16H,1H3,(H,17,19). The topological polar surface area (TPSA) is 57.8 Å². The Labute approximate surface area is 110 Å². The average Bonchev–Trinajstić information content (AvgIpc) is 2.48. The molecule has 0 amide bonds. The quantitative estimate of drug-likeness (QED) is 0.736. The molecule has 19 heavy (non-hydrogen) atoms. The molecule has 0 aliphatic heterocycles. The molecule has 2 aromatic carbocycles. The largest absolute Gasteiger partial charge is 0.388 e. The summed E-state index contributed by atoms with van der Waals surface area (Å²) in [6, 6.07) is 15.0. The third-order valence-corrected chi connectivity index (χ3v) is 3.13. The van der Waals surface area contributed by atoms with Crippen LogP contribution in [0.1, 0.15) is 0 Å². The highest BCUT2D eigenvalue weighted by Gasteiger charge is 2.11. The van der Waals surface area contributed by atoms with Gasteiger partial charge in [0.15, 0.2) is 0 Å². The summed E-state index contributed by atoms with van der Waals surface area (Å²) < 4.78 is 0. The summed E-state index contributed by atoms with van der Waals surface area (Å²) >= 11 is 0. The Bertz CT molecular complexity index is 792. The smallest absolute Gasteiger partial charge is 0.216 e. The van der Waals surface area contributed by atoms with Gasteiger partial charge in [-0.1, -0.05) is 30.3 Å². The van der Waals surface area contributed by atoms with Crippen LogP contribution in [-0.2, 0) is 0 Å². The number of hydrogen-bond donors (Lipinski definition) is 2. The fourth-order valence-corrected chi connectivity index (χ4v) is 2.16. The molecular formula is C15H13N3O. The van der Waals surface area contributed by atoms with Crippen LogP contribution in [0.5, 0.6) is 0 Å². The second kappa shape index (κ2) is 4.57. The van der Waals surface area contributed by atoms with Crippen LogP contribution in [0, 0.1) is 0 Å². The number of anilines is 1. The van der Waals surface area contributed by atoms with E-state index in [1.807, 2.05) is 49.5 Å². The Morgan fingerprint density at radius 1 is 1.05 bits per heavy atom. The van der Waals surface area contributed by atoms with E-state index in [0.29, 0.717) is 11.1 Å². The Hall–Kier alpha value is -2.62. The zero-order valence-electron chi connectivity index (χ0n) is 10.5. The maximum atomic E-state index is 12.5. The fraction of sp³-hybridized carbons (Fsp3) is 0.0667. The van der Waals surface area contributed by atoms with E-state index in [-0.39, 0.29) is 5.43 Å². The van der Waals surface area contributed by atoms with Crippen molar-refractivity contribution in [3.63, 3.8) is 0 Å². The molecule has 1 aromatic heterocycles. The summed E-state index contributed by atoms with van der Waals surface area (Å²) in [6.45, 7) is 0. The Morgan fingerprint density at radius 3 is 2.63 bits per heavy atom. The molecule has 3 rings (SSSR count). The molecule has 3 aromatic rings. The van der Waals surface area contributed by atoms with Crippen molar-refractivity contribution in [3.8, 4) is 11.3 Å². The first kappa shape index (κ1) is 11.5. The van der Waals surface area contributed by atoms with Gasteiger partial charge in [-0.3, -0.25) is 9.89 Å². The molecule has 2 N–H and O–H groups in total. The van der Waals surface area contributed by atoms with Crippen molar-refractivity contribution in [2.24, 2.45) is 0 Å². The molecule has 94 valence electrons. The molecule has 0 saturated heterocycles. The van der Waals surface area contributed by atoms with Gasteiger partial charge < -0.3 is 5.32 Å². The summed E-state index contributed by atoms with van der Waals surface area (Å²) in [5, 5.41) is 10.9. The fourth-order valence-electron chi connectivity index (χ4n) is 2.16. The minimum Gasteiger partial charge on any atom is -0.388 e. The Balaban J connectivity index is 2.32. The van der Waals surface area contributed by atoms with Gasteiger partial charge in [0.2, 0.25) is 5.43 Å². The zero-order chi connectivity index (χ0) is 13.2. The lowest BCUT2D eigenvalue weighted by atomic mass is 10.1. The molecule has 0 fully saturated rings. The third kappa shape index (κ3) is 1.87. The van der Waals surface area contributed by atoms with Crippen LogP contribution in [0.3, 0.4) is 0 Å². The van der Waals surface area contributed by atoms with E-state index in [2.05, 4.69) is 15.5 Å². The molecule has 0 spiro atoms. The van der Waals surface area contributed by atoms with Gasteiger partial charge in [0, 0.05) is 23.7 Å². The molecule has 0 aliphatic rings. The predicted molar refractivity (Wildman–Crippen MR) is 77.3 cm³/mol. The van der Waals surface area contributed by atoms with Crippen molar-refractivity contribution < 1.29 is 0 Å². The molecule has 0 bridgehead atoms. The number of rotatable bonds is 2. The first-order chi connectivity index (χ1) is 9.31. The monoisotopic (exact) mass is 251 g/mol. The van der Waals surface area contributed by atoms with Crippen LogP contribution in [0.15, 0.2) is 53.3 Å². The second-order valence-corrected chi connectivity index (χ2v) is 4.24. The zero-order valence-corrected chi connectivity index (χ0v) is 10.5. The summed E-state index contributed by atoms with van der Waals surface area (Å²) in [5.41, 5.74) is 2.81. The maximum absolute atomic E-state index is 12.5. The number of aromatic amines is 1. The summed E-state index contributed by atoms with van der Waals surface area (Å²) in [6.07, 6.45) is 0. The number of benzene rings is 2. The molecular weight excluding hydrogens is 238 g/mol. The first-order valence-electron chi connectivity index (χ1n) is 6.06. The highest BCUT2D eigenvalue weighted by Crippen LogP contribution is 2.23. The molecule has 4 nitrogen and oxygen atoms in total. The number of aromatic nitrogens is 2. The van der Waals surface area contributed by atoms with Crippen molar-refractivity contribution >= 4 is 16.6 Å². The van der Waals surface area contributed by atoms with Crippen LogP contribution >= 0.6 is 0 Å². The van der Waals surface area contributed by atoms with Gasteiger partial charge in [-0.15, -0.1) is 0 Å². The highest BCUT2D eigenvalue weighted by atomic mass is 16.1. The minimum atomic E-state index is -0.0583. The second-order valence-electron chi connectivity index (χ2n) is 4.24. The Morgan fingerprint density at radius 2 is 1.79 bits per heavy atom. The third-order valence-electron chi connectivity index (χ3n) is 3.13. The van der Waals surface area contributed by atoms with E-state index in [9.17, 15) is 4.79 Å². The normalized spacial score (nSPS) is 10.6. The molecule has 0 unspecified atom stereocenters. The molecule has 0 atom stereocenters. The van der Waals surface area contributed by atoms with Crippen LogP contribution in [0.2, 0.25) is 0 Å². The number of hydrogen-bond acceptors (Lipinski definition) is 3. The number of fused-ring (bicyclic) bond motifs is 1. The molecule has 0 radical (unpaired) electrons. The summed E-state index contributed by atoms with van der Waals surface area (Å²) in [7, 11) is 1.83. The Kier molecular flexibility index (Phi) is 2.76. The molecule has 0 saturated carbocycles. The van der Waals surface area contributed by atoms with Crippen molar-refractivity contribution in [2.45, 2.75) is 0 Å². The lowest BCUT2D eigenvalue weighted by Gasteiger charge is -2.08. The lowest BCUT2D eigenvalue weighted by molar-refractivity contribution is 1.07. The van der Waals surface area contributed by atoms with Gasteiger partial charge in [-0.25, -0.2) is 0 Å². The van der Waals surface area contributed by atoms with E-state index >= 15 is 0 Å². The van der Waals surface area contributed by atoms with Gasteiger partial charge in [-0.05, 0) is 18.2 Å². The van der Waals surface area contributed by atoms with Gasteiger partial charge in [-0.2, -0.15) is 5.10 Å². The van der Waals surface area contributed by atoms with Crippen molar-refractivity contribution in [3.05, 3.63) is 58.8 Å². The summed E-state index contributed by atoms with van der Waals surface area (Å²) in [5.74, 6) is 0. The number of H-pyrrole nitrogens is 1. The van der Waals surface area contributed by atoms with E-state index in [1.54, 1.807) is 6.07 Å². The summed E-state index contributed by atoms with van der Waals surface area (Å²) in [4.78, 5) is 12.5. The van der Waals surface area contributed by atoms with Crippen LogP contribution < -0.4 is 10.7 Å². The maximum Gasteiger partial charge on any atom is 0.216 e. The van der Waals surface area contributed by atoms with Gasteiger partial charge in [0.1, 0.15) is 5.69 Å². The number of para-hydroxylation sites is 2. The highest BCUT2D eigenvalue weighted by molar-refractivity contribution is 5.84. The molecule has 1 heterocycles. The minimum absolute atomic E-state index is 0.0583. The van der Waals surface area contributed by atoms with E-state index in [0.717, 1.165) is 16.8 Å². The lowest BCUT2D eigenvalue weighted by Crippen LogP contribution is -2.10. The molecule has 0 aliphatic carbocycles.